The first kappa shape index (κ1) is 17.4. The number of hydrogen-bond acceptors (Lipinski definition) is 6. The number of hydrogen-bond donors (Lipinski definition) is 0. The van der Waals surface area contributed by atoms with E-state index in [0.29, 0.717) is 6.04 Å². The van der Waals surface area contributed by atoms with Gasteiger partial charge in [0.1, 0.15) is 11.8 Å². The summed E-state index contributed by atoms with van der Waals surface area (Å²) in [7, 11) is 3.91. The first-order chi connectivity index (χ1) is 12.8. The summed E-state index contributed by atoms with van der Waals surface area (Å²) >= 11 is 0. The molecule has 0 radical (unpaired) electrons. The Morgan fingerprint density at radius 3 is 2.54 bits per heavy atom. The molecule has 1 saturated heterocycles. The summed E-state index contributed by atoms with van der Waals surface area (Å²) in [5.41, 5.74) is 1.15. The number of nitrogens with zero attached hydrogens (tertiary/aromatic N) is 6. The Bertz CT molecular complexity index is 718. The molecule has 2 aliphatic rings. The van der Waals surface area contributed by atoms with E-state index in [1.165, 1.54) is 25.7 Å². The van der Waals surface area contributed by atoms with Gasteiger partial charge in [-0.2, -0.15) is 0 Å². The minimum absolute atomic E-state index is 0.0236. The quantitative estimate of drug-likeness (QED) is 0.818. The molecule has 1 aliphatic heterocycles. The van der Waals surface area contributed by atoms with E-state index in [1.807, 2.05) is 12.1 Å². The number of para-hydroxylation sites is 1. The Kier molecular flexibility index (Phi) is 5.17. The van der Waals surface area contributed by atoms with Gasteiger partial charge in [0.05, 0.1) is 13.2 Å². The van der Waals surface area contributed by atoms with E-state index < -0.39 is 0 Å². The normalized spacial score (nSPS) is 21.2. The zero-order chi connectivity index (χ0) is 17.9. The van der Waals surface area contributed by atoms with Crippen LogP contribution in [-0.2, 0) is 0 Å². The van der Waals surface area contributed by atoms with Crippen LogP contribution in [-0.4, -0.2) is 70.3 Å². The Morgan fingerprint density at radius 1 is 1.08 bits per heavy atom. The van der Waals surface area contributed by atoms with Crippen LogP contribution < -0.4 is 4.74 Å². The van der Waals surface area contributed by atoms with E-state index in [-0.39, 0.29) is 6.04 Å². The zero-order valence-corrected chi connectivity index (χ0v) is 15.7. The van der Waals surface area contributed by atoms with Crippen molar-refractivity contribution in [1.82, 2.24) is 30.0 Å². The number of piperazine rings is 1. The summed E-state index contributed by atoms with van der Waals surface area (Å²) in [6.45, 7) is 4.10. The molecule has 0 spiro atoms. The molecule has 1 saturated carbocycles. The minimum Gasteiger partial charge on any atom is -0.496 e. The van der Waals surface area contributed by atoms with Crippen LogP contribution in [0, 0.1) is 0 Å². The number of tetrazole rings is 1. The molecular formula is C19H28N6O. The third kappa shape index (κ3) is 3.33. The van der Waals surface area contributed by atoms with Crippen LogP contribution in [0.2, 0.25) is 0 Å². The Labute approximate surface area is 154 Å². The summed E-state index contributed by atoms with van der Waals surface area (Å²) in [5.74, 6) is 1.85. The van der Waals surface area contributed by atoms with Crippen molar-refractivity contribution in [2.24, 2.45) is 0 Å². The highest BCUT2D eigenvalue weighted by atomic mass is 16.5. The Morgan fingerprint density at radius 2 is 1.81 bits per heavy atom. The fourth-order valence-corrected chi connectivity index (χ4v) is 4.26. The molecule has 0 unspecified atom stereocenters. The molecule has 1 atom stereocenters. The third-order valence-electron chi connectivity index (χ3n) is 5.77. The van der Waals surface area contributed by atoms with Crippen molar-refractivity contribution in [2.45, 2.75) is 37.8 Å². The first-order valence-electron chi connectivity index (χ1n) is 9.61. The van der Waals surface area contributed by atoms with Gasteiger partial charge in [-0.3, -0.25) is 4.90 Å². The van der Waals surface area contributed by atoms with Gasteiger partial charge in [0.25, 0.3) is 0 Å². The molecule has 7 heteroatoms. The van der Waals surface area contributed by atoms with Crippen molar-refractivity contribution < 1.29 is 4.74 Å². The highest BCUT2D eigenvalue weighted by Crippen LogP contribution is 2.37. The van der Waals surface area contributed by atoms with Crippen molar-refractivity contribution in [3.8, 4) is 5.75 Å². The number of benzene rings is 1. The van der Waals surface area contributed by atoms with E-state index in [0.717, 1.165) is 43.3 Å². The van der Waals surface area contributed by atoms with Gasteiger partial charge in [-0.25, -0.2) is 4.68 Å². The molecule has 0 amide bonds. The van der Waals surface area contributed by atoms with Gasteiger partial charge in [0.2, 0.25) is 0 Å². The van der Waals surface area contributed by atoms with E-state index in [9.17, 15) is 0 Å². The maximum Gasteiger partial charge on any atom is 0.173 e. The Balaban J connectivity index is 1.75. The van der Waals surface area contributed by atoms with Crippen molar-refractivity contribution in [3.05, 3.63) is 35.7 Å². The fourth-order valence-electron chi connectivity index (χ4n) is 4.26. The van der Waals surface area contributed by atoms with Crippen molar-refractivity contribution in [1.29, 1.82) is 0 Å². The number of ether oxygens (including phenoxy) is 1. The summed E-state index contributed by atoms with van der Waals surface area (Å²) < 4.78 is 7.77. The second kappa shape index (κ2) is 7.72. The Hall–Kier alpha value is -1.99. The van der Waals surface area contributed by atoms with Gasteiger partial charge < -0.3 is 9.64 Å². The zero-order valence-electron chi connectivity index (χ0n) is 15.7. The predicted octanol–water partition coefficient (Wildman–Crippen LogP) is 2.13. The van der Waals surface area contributed by atoms with Gasteiger partial charge in [0, 0.05) is 31.7 Å². The number of aromatic nitrogens is 4. The maximum absolute atomic E-state index is 5.69. The largest absolute Gasteiger partial charge is 0.496 e. The lowest BCUT2D eigenvalue weighted by molar-refractivity contribution is 0.119. The standard InChI is InChI=1S/C19H28N6O/c1-23-11-13-24(14-12-23)18(16-9-5-6-10-17(16)26-2)19-20-21-22-25(19)15-7-3-4-8-15/h5-6,9-10,15,18H,3-4,7-8,11-14H2,1-2H3/t18-/m0/s1. The molecule has 1 aromatic carbocycles. The van der Waals surface area contributed by atoms with Gasteiger partial charge in [-0.1, -0.05) is 31.0 Å². The third-order valence-corrected chi connectivity index (χ3v) is 5.77. The minimum atomic E-state index is 0.0236. The van der Waals surface area contributed by atoms with Crippen LogP contribution in [0.4, 0.5) is 0 Å². The molecule has 0 bridgehead atoms. The maximum atomic E-state index is 5.69. The second-order valence-corrected chi connectivity index (χ2v) is 7.40. The lowest BCUT2D eigenvalue weighted by Gasteiger charge is -2.38. The summed E-state index contributed by atoms with van der Waals surface area (Å²) in [6.07, 6.45) is 4.86. The molecule has 4 rings (SSSR count). The van der Waals surface area contributed by atoms with Gasteiger partial charge in [-0.15, -0.1) is 5.10 Å². The highest BCUT2D eigenvalue weighted by Gasteiger charge is 2.34. The molecule has 1 aliphatic carbocycles. The molecule has 2 fully saturated rings. The molecule has 0 N–H and O–H groups in total. The molecular weight excluding hydrogens is 328 g/mol. The molecule has 140 valence electrons. The summed E-state index contributed by atoms with van der Waals surface area (Å²) in [4.78, 5) is 4.87. The van der Waals surface area contributed by atoms with Crippen LogP contribution in [0.15, 0.2) is 24.3 Å². The SMILES string of the molecule is COc1ccccc1[C@@H](c1nnnn1C1CCCC1)N1CCN(C)CC1. The monoisotopic (exact) mass is 356 g/mol. The van der Waals surface area contributed by atoms with Gasteiger partial charge in [-0.05, 0) is 36.4 Å². The molecule has 2 aromatic rings. The lowest BCUT2D eigenvalue weighted by Crippen LogP contribution is -2.46. The molecule has 2 heterocycles. The van der Waals surface area contributed by atoms with Crippen molar-refractivity contribution >= 4 is 0 Å². The fraction of sp³-hybridized carbons (Fsp3) is 0.632. The topological polar surface area (TPSA) is 59.3 Å². The molecule has 26 heavy (non-hydrogen) atoms. The summed E-state index contributed by atoms with van der Waals surface area (Å²) in [5, 5.41) is 12.9. The van der Waals surface area contributed by atoms with Crippen LogP contribution >= 0.6 is 0 Å². The molecule has 7 nitrogen and oxygen atoms in total. The van der Waals surface area contributed by atoms with E-state index in [1.54, 1.807) is 7.11 Å². The van der Waals surface area contributed by atoms with Crippen LogP contribution in [0.25, 0.3) is 0 Å². The first-order valence-corrected chi connectivity index (χ1v) is 9.61. The predicted molar refractivity (Wildman–Crippen MR) is 99.2 cm³/mol. The second-order valence-electron chi connectivity index (χ2n) is 7.40. The number of rotatable bonds is 5. The van der Waals surface area contributed by atoms with E-state index >= 15 is 0 Å². The highest BCUT2D eigenvalue weighted by molar-refractivity contribution is 5.39. The van der Waals surface area contributed by atoms with Gasteiger partial charge in [0.15, 0.2) is 5.82 Å². The van der Waals surface area contributed by atoms with Crippen molar-refractivity contribution in [3.63, 3.8) is 0 Å². The molecule has 1 aromatic heterocycles. The van der Waals surface area contributed by atoms with Gasteiger partial charge >= 0.3 is 0 Å². The van der Waals surface area contributed by atoms with Crippen molar-refractivity contribution in [2.75, 3.05) is 40.3 Å². The summed E-state index contributed by atoms with van der Waals surface area (Å²) in [6, 6.07) is 8.71. The number of likely N-dealkylation sites (N-methyl/N-ethyl adjacent to an activating group) is 1. The van der Waals surface area contributed by atoms with Crippen LogP contribution in [0.5, 0.6) is 5.75 Å². The van der Waals surface area contributed by atoms with E-state index in [4.69, 9.17) is 4.74 Å². The smallest absolute Gasteiger partial charge is 0.173 e. The average molecular weight is 356 g/mol. The average Bonchev–Trinajstić information content (AvgIpc) is 3.35. The lowest BCUT2D eigenvalue weighted by atomic mass is 10.0. The van der Waals surface area contributed by atoms with E-state index in [2.05, 4.69) is 49.2 Å². The number of methoxy groups -OCH3 is 1. The van der Waals surface area contributed by atoms with Crippen LogP contribution in [0.3, 0.4) is 0 Å². The van der Waals surface area contributed by atoms with Crippen LogP contribution in [0.1, 0.15) is 49.2 Å².